The van der Waals surface area contributed by atoms with Gasteiger partial charge >= 0.3 is 0 Å². The topological polar surface area (TPSA) is 45.0 Å². The zero-order chi connectivity index (χ0) is 26.8. The maximum atomic E-state index is 6.58. The summed E-state index contributed by atoms with van der Waals surface area (Å²) < 4.78 is 19.9. The number of rotatable bonds is 7. The number of fused-ring (bicyclic) bond motifs is 2. The molecule has 37 heavy (non-hydrogen) atoms. The van der Waals surface area contributed by atoms with Crippen LogP contribution in [0.2, 0.25) is 18.1 Å². The van der Waals surface area contributed by atoms with Crippen molar-refractivity contribution in [3.8, 4) is 11.5 Å². The fourth-order valence-electron chi connectivity index (χ4n) is 4.82. The second kappa shape index (κ2) is 11.0. The van der Waals surface area contributed by atoms with Gasteiger partial charge < -0.3 is 18.5 Å². The molecule has 0 radical (unpaired) electrons. The van der Waals surface area contributed by atoms with E-state index in [4.69, 9.17) is 18.9 Å². The van der Waals surface area contributed by atoms with Gasteiger partial charge in [-0.15, -0.1) is 0 Å². The summed E-state index contributed by atoms with van der Waals surface area (Å²) >= 11 is 0. The Morgan fingerprint density at radius 3 is 2.41 bits per heavy atom. The molecule has 0 unspecified atom stereocenters. The number of aliphatic imine (C=N–C) groups is 1. The van der Waals surface area contributed by atoms with Crippen LogP contribution in [-0.4, -0.2) is 32.8 Å². The summed E-state index contributed by atoms with van der Waals surface area (Å²) in [5.41, 5.74) is 7.51. The van der Waals surface area contributed by atoms with Crippen molar-refractivity contribution in [2.75, 3.05) is 14.2 Å². The number of ether oxygens (including phenoxy) is 2. The van der Waals surface area contributed by atoms with Crippen LogP contribution in [0.4, 0.5) is 0 Å². The number of benzene rings is 2. The third-order valence-electron chi connectivity index (χ3n) is 8.36. The summed E-state index contributed by atoms with van der Waals surface area (Å²) in [7, 11) is 3.74. The highest BCUT2D eigenvalue weighted by Crippen LogP contribution is 2.37. The third kappa shape index (κ3) is 5.96. The fourth-order valence-corrected chi connectivity index (χ4v) is 5.76. The summed E-state index contributed by atoms with van der Waals surface area (Å²) in [6, 6.07) is 13.0. The van der Waals surface area contributed by atoms with Crippen molar-refractivity contribution in [1.29, 1.82) is 0 Å². The van der Waals surface area contributed by atoms with Crippen molar-refractivity contribution < 1.29 is 13.9 Å². The summed E-state index contributed by atoms with van der Waals surface area (Å²) in [6.07, 6.45) is 5.74. The zero-order valence-electron chi connectivity index (χ0n) is 24.0. The van der Waals surface area contributed by atoms with Crippen LogP contribution in [0.1, 0.15) is 68.8 Å². The molecule has 1 aromatic heterocycles. The van der Waals surface area contributed by atoms with Gasteiger partial charge in [0, 0.05) is 41.0 Å². The first kappa shape index (κ1) is 27.5. The Bertz CT molecular complexity index is 1280. The molecule has 0 saturated carbocycles. The number of hydrogen-bond donors (Lipinski definition) is 0. The van der Waals surface area contributed by atoms with Crippen molar-refractivity contribution in [2.45, 2.75) is 84.2 Å². The van der Waals surface area contributed by atoms with Gasteiger partial charge in [-0.05, 0) is 85.3 Å². The lowest BCUT2D eigenvalue weighted by atomic mass is 9.90. The SMILES string of the molecule is COc1ccc(CN=C2CCCCCc3cc4c(cc32)cc(CO[Si](C)(C)C(C)(C)C)n4C)c(OC)c1. The van der Waals surface area contributed by atoms with E-state index >= 15 is 0 Å². The van der Waals surface area contributed by atoms with Crippen LogP contribution in [0.3, 0.4) is 0 Å². The van der Waals surface area contributed by atoms with Gasteiger partial charge in [0.25, 0.3) is 0 Å². The van der Waals surface area contributed by atoms with Gasteiger partial charge in [0.15, 0.2) is 8.32 Å². The molecular weight excluding hydrogens is 476 g/mol. The lowest BCUT2D eigenvalue weighted by Gasteiger charge is -2.36. The molecule has 0 atom stereocenters. The molecule has 0 fully saturated rings. The minimum absolute atomic E-state index is 0.200. The molecule has 0 aliphatic heterocycles. The molecule has 6 heteroatoms. The fraction of sp³-hybridized carbons (Fsp3) is 0.516. The standard InChI is InChI=1S/C31H44N2O3Si/c1-31(2,3)37(7,8)36-21-25-16-24-17-27-22(18-29(24)33(25)4)12-10-9-11-13-28(27)32-20-23-14-15-26(34-5)19-30(23)35-6/h14-19H,9-13,20-21H2,1-8H3. The molecule has 200 valence electrons. The third-order valence-corrected chi connectivity index (χ3v) is 12.8. The highest BCUT2D eigenvalue weighted by atomic mass is 28.4. The number of nitrogens with zero attached hydrogens (tertiary/aromatic N) is 2. The second-order valence-electron chi connectivity index (χ2n) is 11.8. The molecule has 1 aliphatic carbocycles. The number of aryl methyl sites for hydroxylation is 2. The summed E-state index contributed by atoms with van der Waals surface area (Å²) in [6.45, 7) is 12.8. The highest BCUT2D eigenvalue weighted by molar-refractivity contribution is 6.74. The zero-order valence-corrected chi connectivity index (χ0v) is 25.0. The summed E-state index contributed by atoms with van der Waals surface area (Å²) in [4.78, 5) is 5.16. The molecule has 0 spiro atoms. The molecule has 0 saturated heterocycles. The van der Waals surface area contributed by atoms with E-state index in [1.165, 1.54) is 52.7 Å². The Kier molecular flexibility index (Phi) is 8.19. The van der Waals surface area contributed by atoms with Crippen molar-refractivity contribution in [3.05, 3.63) is 58.8 Å². The van der Waals surface area contributed by atoms with Crippen molar-refractivity contribution in [2.24, 2.45) is 12.0 Å². The Morgan fingerprint density at radius 1 is 0.946 bits per heavy atom. The van der Waals surface area contributed by atoms with Crippen LogP contribution in [-0.2, 0) is 31.0 Å². The van der Waals surface area contributed by atoms with Crippen LogP contribution >= 0.6 is 0 Å². The number of methoxy groups -OCH3 is 2. The first-order valence-electron chi connectivity index (χ1n) is 13.5. The Labute approximate surface area is 224 Å². The highest BCUT2D eigenvalue weighted by Gasteiger charge is 2.37. The lowest BCUT2D eigenvalue weighted by Crippen LogP contribution is -2.40. The first-order chi connectivity index (χ1) is 17.5. The molecular formula is C31H44N2O3Si. The predicted octanol–water partition coefficient (Wildman–Crippen LogP) is 7.82. The summed E-state index contributed by atoms with van der Waals surface area (Å²) in [5, 5.41) is 1.47. The van der Waals surface area contributed by atoms with Crippen molar-refractivity contribution >= 4 is 24.9 Å². The second-order valence-corrected chi connectivity index (χ2v) is 16.6. The smallest absolute Gasteiger partial charge is 0.192 e. The number of hydrogen-bond acceptors (Lipinski definition) is 4. The maximum absolute atomic E-state index is 6.58. The van der Waals surface area contributed by atoms with E-state index in [1.54, 1.807) is 14.2 Å². The van der Waals surface area contributed by atoms with Gasteiger partial charge in [0.2, 0.25) is 0 Å². The van der Waals surface area contributed by atoms with E-state index in [-0.39, 0.29) is 5.04 Å². The van der Waals surface area contributed by atoms with E-state index < -0.39 is 8.32 Å². The average molecular weight is 521 g/mol. The predicted molar refractivity (Wildman–Crippen MR) is 157 cm³/mol. The molecule has 5 nitrogen and oxygen atoms in total. The largest absolute Gasteiger partial charge is 0.497 e. The first-order valence-corrected chi connectivity index (χ1v) is 16.4. The normalized spacial score (nSPS) is 15.9. The molecule has 3 aromatic rings. The molecule has 1 aliphatic rings. The molecule has 0 bridgehead atoms. The van der Waals surface area contributed by atoms with Gasteiger partial charge in [-0.3, -0.25) is 4.99 Å². The van der Waals surface area contributed by atoms with Gasteiger partial charge in [0.1, 0.15) is 11.5 Å². The van der Waals surface area contributed by atoms with Crippen LogP contribution < -0.4 is 9.47 Å². The molecule has 4 rings (SSSR count). The Hall–Kier alpha value is -2.57. The summed E-state index contributed by atoms with van der Waals surface area (Å²) in [5.74, 6) is 1.61. The van der Waals surface area contributed by atoms with E-state index in [0.29, 0.717) is 13.2 Å². The van der Waals surface area contributed by atoms with Crippen LogP contribution in [0, 0.1) is 0 Å². The van der Waals surface area contributed by atoms with E-state index in [1.807, 2.05) is 12.1 Å². The van der Waals surface area contributed by atoms with Gasteiger partial charge in [-0.25, -0.2) is 0 Å². The molecule has 1 heterocycles. The maximum Gasteiger partial charge on any atom is 0.192 e. The van der Waals surface area contributed by atoms with Crippen molar-refractivity contribution in [3.63, 3.8) is 0 Å². The Balaban J connectivity index is 1.68. The van der Waals surface area contributed by atoms with E-state index in [0.717, 1.165) is 29.9 Å². The minimum atomic E-state index is -1.82. The van der Waals surface area contributed by atoms with Crippen molar-refractivity contribution in [1.82, 2.24) is 4.57 Å². The average Bonchev–Trinajstić information content (AvgIpc) is 3.16. The van der Waals surface area contributed by atoms with Gasteiger partial charge in [0.05, 0.1) is 27.4 Å². The molecule has 0 N–H and O–H groups in total. The van der Waals surface area contributed by atoms with E-state index in [9.17, 15) is 0 Å². The molecule has 2 aromatic carbocycles. The van der Waals surface area contributed by atoms with Crippen LogP contribution in [0.25, 0.3) is 10.9 Å². The monoisotopic (exact) mass is 520 g/mol. The lowest BCUT2D eigenvalue weighted by molar-refractivity contribution is 0.269. The molecule has 0 amide bonds. The van der Waals surface area contributed by atoms with Gasteiger partial charge in [-0.1, -0.05) is 27.2 Å². The van der Waals surface area contributed by atoms with Gasteiger partial charge in [-0.2, -0.15) is 0 Å². The Morgan fingerprint density at radius 2 is 1.70 bits per heavy atom. The van der Waals surface area contributed by atoms with Crippen LogP contribution in [0.5, 0.6) is 11.5 Å². The minimum Gasteiger partial charge on any atom is -0.497 e. The number of aromatic nitrogens is 1. The van der Waals surface area contributed by atoms with Crippen LogP contribution in [0.15, 0.2) is 41.4 Å². The quantitative estimate of drug-likeness (QED) is 0.298. The van der Waals surface area contributed by atoms with E-state index in [2.05, 4.69) is 69.7 Å².